The highest BCUT2D eigenvalue weighted by atomic mass is 16.5. The molecule has 1 aromatic carbocycles. The number of hydrogen-bond acceptors (Lipinski definition) is 4. The molecule has 0 saturated heterocycles. The van der Waals surface area contributed by atoms with Gasteiger partial charge in [-0.3, -0.25) is 0 Å². The Bertz CT molecular complexity index is 389. The highest BCUT2D eigenvalue weighted by Crippen LogP contribution is 2.40. The summed E-state index contributed by atoms with van der Waals surface area (Å²) in [5, 5.41) is 10.1. The molecule has 1 N–H and O–H groups in total. The topological polar surface area (TPSA) is 47.9 Å². The minimum absolute atomic E-state index is 0.228. The lowest BCUT2D eigenvalue weighted by Crippen LogP contribution is -2.26. The second kappa shape index (κ2) is 4.31. The first-order valence-electron chi connectivity index (χ1n) is 5.22. The minimum atomic E-state index is -0.672. The maximum absolute atomic E-state index is 10.1. The maximum atomic E-state index is 10.1. The molecule has 88 valence electrons. The zero-order chi connectivity index (χ0) is 11.7. The van der Waals surface area contributed by atoms with Crippen LogP contribution in [0.3, 0.4) is 0 Å². The van der Waals surface area contributed by atoms with Crippen LogP contribution in [0.4, 0.5) is 0 Å². The van der Waals surface area contributed by atoms with Crippen LogP contribution < -0.4 is 9.47 Å². The van der Waals surface area contributed by atoms with Crippen LogP contribution in [-0.4, -0.2) is 25.4 Å². The van der Waals surface area contributed by atoms with E-state index in [0.717, 1.165) is 16.9 Å². The Morgan fingerprint density at radius 3 is 2.50 bits per heavy atom. The first-order chi connectivity index (χ1) is 7.69. The summed E-state index contributed by atoms with van der Waals surface area (Å²) in [6.45, 7) is 2.28. The van der Waals surface area contributed by atoms with Gasteiger partial charge in [0, 0.05) is 11.1 Å². The quantitative estimate of drug-likeness (QED) is 0.830. The Morgan fingerprint density at radius 2 is 1.88 bits per heavy atom. The van der Waals surface area contributed by atoms with Gasteiger partial charge in [-0.2, -0.15) is 0 Å². The van der Waals surface area contributed by atoms with E-state index < -0.39 is 6.10 Å². The van der Waals surface area contributed by atoms with Gasteiger partial charge < -0.3 is 19.3 Å². The van der Waals surface area contributed by atoms with Crippen molar-refractivity contribution in [1.82, 2.24) is 0 Å². The Balaban J connectivity index is 2.57. The number of aliphatic hydroxyl groups excluding tert-OH is 1. The van der Waals surface area contributed by atoms with E-state index in [2.05, 4.69) is 0 Å². The Kier molecular flexibility index (Phi) is 3.03. The molecule has 0 unspecified atom stereocenters. The number of hydrogen-bond donors (Lipinski definition) is 1. The van der Waals surface area contributed by atoms with Crippen molar-refractivity contribution in [3.8, 4) is 11.5 Å². The average molecular weight is 224 g/mol. The SMILES string of the molecule is COc1ccc(OC)c2c1CO[C@H](C)[C@H]2O. The van der Waals surface area contributed by atoms with E-state index in [-0.39, 0.29) is 6.10 Å². The third-order valence-corrected chi connectivity index (χ3v) is 2.94. The zero-order valence-corrected chi connectivity index (χ0v) is 9.69. The van der Waals surface area contributed by atoms with Crippen molar-refractivity contribution in [1.29, 1.82) is 0 Å². The summed E-state index contributed by atoms with van der Waals surface area (Å²) >= 11 is 0. The van der Waals surface area contributed by atoms with Crippen LogP contribution in [0.1, 0.15) is 24.2 Å². The van der Waals surface area contributed by atoms with E-state index in [1.807, 2.05) is 13.0 Å². The molecule has 0 fully saturated rings. The number of rotatable bonds is 2. The Morgan fingerprint density at radius 1 is 1.25 bits per heavy atom. The summed E-state index contributed by atoms with van der Waals surface area (Å²) < 4.78 is 16.0. The van der Waals surface area contributed by atoms with Gasteiger partial charge in [0.2, 0.25) is 0 Å². The van der Waals surface area contributed by atoms with Gasteiger partial charge in [-0.25, -0.2) is 0 Å². The average Bonchev–Trinajstić information content (AvgIpc) is 2.32. The van der Waals surface area contributed by atoms with Crippen LogP contribution in [-0.2, 0) is 11.3 Å². The molecular formula is C12H16O4. The van der Waals surface area contributed by atoms with Gasteiger partial charge in [0.25, 0.3) is 0 Å². The number of aliphatic hydroxyl groups is 1. The van der Waals surface area contributed by atoms with Crippen molar-refractivity contribution in [2.75, 3.05) is 14.2 Å². The first kappa shape index (κ1) is 11.2. The van der Waals surface area contributed by atoms with Crippen molar-refractivity contribution in [2.45, 2.75) is 25.7 Å². The van der Waals surface area contributed by atoms with Gasteiger partial charge in [-0.15, -0.1) is 0 Å². The molecular weight excluding hydrogens is 208 g/mol. The fraction of sp³-hybridized carbons (Fsp3) is 0.500. The second-order valence-corrected chi connectivity index (χ2v) is 3.82. The molecule has 2 rings (SSSR count). The molecule has 0 spiro atoms. The van der Waals surface area contributed by atoms with E-state index in [9.17, 15) is 5.11 Å². The molecule has 1 aliphatic heterocycles. The molecule has 16 heavy (non-hydrogen) atoms. The normalized spacial score (nSPS) is 23.8. The summed E-state index contributed by atoms with van der Waals surface area (Å²) in [5.41, 5.74) is 1.65. The molecule has 1 heterocycles. The van der Waals surface area contributed by atoms with Crippen LogP contribution in [0.2, 0.25) is 0 Å². The molecule has 0 saturated carbocycles. The number of fused-ring (bicyclic) bond motifs is 1. The molecule has 0 aromatic heterocycles. The van der Waals surface area contributed by atoms with Crippen molar-refractivity contribution in [3.05, 3.63) is 23.3 Å². The minimum Gasteiger partial charge on any atom is -0.496 e. The molecule has 4 nitrogen and oxygen atoms in total. The molecule has 1 aromatic rings. The van der Waals surface area contributed by atoms with Crippen LogP contribution in [0, 0.1) is 0 Å². The van der Waals surface area contributed by atoms with E-state index in [0.29, 0.717) is 12.4 Å². The predicted octanol–water partition coefficient (Wildman–Crippen LogP) is 1.66. The van der Waals surface area contributed by atoms with E-state index in [4.69, 9.17) is 14.2 Å². The largest absolute Gasteiger partial charge is 0.496 e. The van der Waals surface area contributed by atoms with Crippen LogP contribution >= 0.6 is 0 Å². The highest BCUT2D eigenvalue weighted by molar-refractivity contribution is 5.50. The maximum Gasteiger partial charge on any atom is 0.125 e. The summed E-state index contributed by atoms with van der Waals surface area (Å²) in [4.78, 5) is 0. The monoisotopic (exact) mass is 224 g/mol. The summed E-state index contributed by atoms with van der Waals surface area (Å²) in [5.74, 6) is 1.40. The lowest BCUT2D eigenvalue weighted by molar-refractivity contribution is -0.0542. The Hall–Kier alpha value is -1.26. The van der Waals surface area contributed by atoms with Gasteiger partial charge >= 0.3 is 0 Å². The van der Waals surface area contributed by atoms with Gasteiger partial charge in [0.05, 0.1) is 26.9 Å². The highest BCUT2D eigenvalue weighted by Gasteiger charge is 2.30. The van der Waals surface area contributed by atoms with Crippen LogP contribution in [0.15, 0.2) is 12.1 Å². The van der Waals surface area contributed by atoms with E-state index in [1.54, 1.807) is 20.3 Å². The van der Waals surface area contributed by atoms with Gasteiger partial charge in [-0.1, -0.05) is 0 Å². The molecule has 0 radical (unpaired) electrons. The molecule has 2 atom stereocenters. The third-order valence-electron chi connectivity index (χ3n) is 2.94. The van der Waals surface area contributed by atoms with Crippen molar-refractivity contribution < 1.29 is 19.3 Å². The summed E-state index contributed by atoms with van der Waals surface area (Å²) in [6.07, 6.45) is -0.901. The molecule has 0 bridgehead atoms. The molecule has 4 heteroatoms. The smallest absolute Gasteiger partial charge is 0.125 e. The number of ether oxygens (including phenoxy) is 3. The first-order valence-corrected chi connectivity index (χ1v) is 5.22. The van der Waals surface area contributed by atoms with Gasteiger partial charge in [-0.05, 0) is 19.1 Å². The Labute approximate surface area is 94.8 Å². The standard InChI is InChI=1S/C12H16O4/c1-7-12(13)11-8(6-16-7)9(14-2)4-5-10(11)15-3/h4-5,7,12-13H,6H2,1-3H3/t7-,12-/m1/s1. The molecule has 0 amide bonds. The second-order valence-electron chi connectivity index (χ2n) is 3.82. The lowest BCUT2D eigenvalue weighted by Gasteiger charge is -2.30. The number of benzene rings is 1. The lowest BCUT2D eigenvalue weighted by atomic mass is 9.95. The van der Waals surface area contributed by atoms with Crippen molar-refractivity contribution in [2.24, 2.45) is 0 Å². The van der Waals surface area contributed by atoms with Gasteiger partial charge in [0.1, 0.15) is 17.6 Å². The van der Waals surface area contributed by atoms with Crippen LogP contribution in [0.25, 0.3) is 0 Å². The summed E-state index contributed by atoms with van der Waals surface area (Å²) in [7, 11) is 3.20. The van der Waals surface area contributed by atoms with Gasteiger partial charge in [0.15, 0.2) is 0 Å². The van der Waals surface area contributed by atoms with Crippen molar-refractivity contribution >= 4 is 0 Å². The predicted molar refractivity (Wildman–Crippen MR) is 58.8 cm³/mol. The van der Waals surface area contributed by atoms with E-state index in [1.165, 1.54) is 0 Å². The molecule has 0 aliphatic carbocycles. The molecule has 1 aliphatic rings. The van der Waals surface area contributed by atoms with Crippen LogP contribution in [0.5, 0.6) is 11.5 Å². The van der Waals surface area contributed by atoms with Crippen molar-refractivity contribution in [3.63, 3.8) is 0 Å². The fourth-order valence-corrected chi connectivity index (χ4v) is 2.01. The summed E-state index contributed by atoms with van der Waals surface area (Å²) in [6, 6.07) is 3.63. The third kappa shape index (κ3) is 1.64. The van der Waals surface area contributed by atoms with E-state index >= 15 is 0 Å². The fourth-order valence-electron chi connectivity index (χ4n) is 2.01. The zero-order valence-electron chi connectivity index (χ0n) is 9.69. The number of methoxy groups -OCH3 is 2.